The number of aliphatic hydroxyl groups is 1. The molecule has 1 unspecified atom stereocenters. The molecule has 1 aromatic carbocycles. The van der Waals surface area contributed by atoms with Crippen molar-refractivity contribution in [1.82, 2.24) is 4.90 Å². The third-order valence-electron chi connectivity index (χ3n) is 3.54. The molecule has 0 aromatic heterocycles. The van der Waals surface area contributed by atoms with E-state index in [1.807, 2.05) is 0 Å². The summed E-state index contributed by atoms with van der Waals surface area (Å²) in [6, 6.07) is 5.89. The van der Waals surface area contributed by atoms with Crippen molar-refractivity contribution in [2.45, 2.75) is 25.4 Å². The van der Waals surface area contributed by atoms with Gasteiger partial charge in [-0.1, -0.05) is 6.42 Å². The van der Waals surface area contributed by atoms with E-state index in [2.05, 4.69) is 4.90 Å². The predicted octanol–water partition coefficient (Wildman–Crippen LogP) is 2.07. The van der Waals surface area contributed by atoms with Crippen molar-refractivity contribution in [3.05, 3.63) is 30.1 Å². The Balaban J connectivity index is 1.51. The summed E-state index contributed by atoms with van der Waals surface area (Å²) in [5.74, 6) is 0.341. The fourth-order valence-corrected chi connectivity index (χ4v) is 2.46. The van der Waals surface area contributed by atoms with E-state index in [0.29, 0.717) is 32.1 Å². The molecule has 1 saturated heterocycles. The van der Waals surface area contributed by atoms with Crippen LogP contribution in [0, 0.1) is 5.82 Å². The molecule has 0 aliphatic carbocycles. The number of rotatable bonds is 8. The number of halogens is 1. The van der Waals surface area contributed by atoms with Gasteiger partial charge in [0.25, 0.3) is 0 Å². The van der Waals surface area contributed by atoms with E-state index in [-0.39, 0.29) is 5.82 Å². The summed E-state index contributed by atoms with van der Waals surface area (Å²) >= 11 is 0. The number of hydrogen-bond donors (Lipinski definition) is 1. The van der Waals surface area contributed by atoms with Crippen molar-refractivity contribution in [3.63, 3.8) is 0 Å². The number of likely N-dealkylation sites (tertiary alicyclic amines) is 1. The molecule has 0 amide bonds. The Morgan fingerprint density at radius 2 is 1.81 bits per heavy atom. The summed E-state index contributed by atoms with van der Waals surface area (Å²) in [6.45, 7) is 3.95. The molecular formula is C16H24FNO3. The highest BCUT2D eigenvalue weighted by Crippen LogP contribution is 2.11. The topological polar surface area (TPSA) is 41.9 Å². The van der Waals surface area contributed by atoms with Gasteiger partial charge < -0.3 is 19.5 Å². The van der Waals surface area contributed by atoms with Crippen LogP contribution in [0.5, 0.6) is 5.75 Å². The summed E-state index contributed by atoms with van der Waals surface area (Å²) < 4.78 is 23.5. The van der Waals surface area contributed by atoms with E-state index in [4.69, 9.17) is 9.47 Å². The summed E-state index contributed by atoms with van der Waals surface area (Å²) in [5, 5.41) is 9.90. The number of nitrogens with zero attached hydrogens (tertiary/aromatic N) is 1. The van der Waals surface area contributed by atoms with Crippen LogP contribution in [0.15, 0.2) is 24.3 Å². The van der Waals surface area contributed by atoms with Gasteiger partial charge in [0.15, 0.2) is 0 Å². The lowest BCUT2D eigenvalue weighted by molar-refractivity contribution is 0.00533. The van der Waals surface area contributed by atoms with E-state index >= 15 is 0 Å². The average Bonchev–Trinajstić information content (AvgIpc) is 2.50. The Labute approximate surface area is 125 Å². The number of ether oxygens (including phenoxy) is 2. The molecular weight excluding hydrogens is 273 g/mol. The summed E-state index contributed by atoms with van der Waals surface area (Å²) in [7, 11) is 0. The molecule has 1 atom stereocenters. The second kappa shape index (κ2) is 8.97. The van der Waals surface area contributed by atoms with Gasteiger partial charge in [-0.15, -0.1) is 0 Å². The zero-order valence-electron chi connectivity index (χ0n) is 12.3. The predicted molar refractivity (Wildman–Crippen MR) is 79.0 cm³/mol. The van der Waals surface area contributed by atoms with Crippen molar-refractivity contribution in [2.75, 3.05) is 39.5 Å². The van der Waals surface area contributed by atoms with Gasteiger partial charge >= 0.3 is 0 Å². The van der Waals surface area contributed by atoms with Crippen LogP contribution >= 0.6 is 0 Å². The monoisotopic (exact) mass is 297 g/mol. The lowest BCUT2D eigenvalue weighted by Gasteiger charge is -2.28. The standard InChI is InChI=1S/C16H24FNO3/c17-14-4-6-16(7-5-14)21-11-10-20-13-15(19)12-18-8-2-1-3-9-18/h4-7,15,19H,1-3,8-13H2. The molecule has 1 N–H and O–H groups in total. The first kappa shape index (κ1) is 16.2. The van der Waals surface area contributed by atoms with E-state index < -0.39 is 6.10 Å². The van der Waals surface area contributed by atoms with Gasteiger partial charge in [-0.2, -0.15) is 0 Å². The Morgan fingerprint density at radius 1 is 1.10 bits per heavy atom. The maximum atomic E-state index is 12.7. The van der Waals surface area contributed by atoms with Gasteiger partial charge in [0, 0.05) is 6.54 Å². The van der Waals surface area contributed by atoms with E-state index in [9.17, 15) is 9.50 Å². The van der Waals surface area contributed by atoms with E-state index in [0.717, 1.165) is 13.1 Å². The second-order valence-electron chi connectivity index (χ2n) is 5.39. The first-order valence-electron chi connectivity index (χ1n) is 7.60. The maximum Gasteiger partial charge on any atom is 0.123 e. The highest BCUT2D eigenvalue weighted by atomic mass is 19.1. The summed E-state index contributed by atoms with van der Waals surface area (Å²) in [5.41, 5.74) is 0. The maximum absolute atomic E-state index is 12.7. The largest absolute Gasteiger partial charge is 0.491 e. The Bertz CT molecular complexity index is 393. The Hall–Kier alpha value is -1.17. The fraction of sp³-hybridized carbons (Fsp3) is 0.625. The van der Waals surface area contributed by atoms with Crippen molar-refractivity contribution in [1.29, 1.82) is 0 Å². The molecule has 4 nitrogen and oxygen atoms in total. The summed E-state index contributed by atoms with van der Waals surface area (Å²) in [6.07, 6.45) is 3.29. The zero-order valence-corrected chi connectivity index (χ0v) is 12.3. The number of benzene rings is 1. The van der Waals surface area contributed by atoms with Gasteiger partial charge in [0.05, 0.1) is 19.3 Å². The molecule has 0 spiro atoms. The van der Waals surface area contributed by atoms with Crippen LogP contribution in [0.25, 0.3) is 0 Å². The average molecular weight is 297 g/mol. The highest BCUT2D eigenvalue weighted by molar-refractivity contribution is 5.21. The van der Waals surface area contributed by atoms with Gasteiger partial charge in [0.1, 0.15) is 18.2 Å². The second-order valence-corrected chi connectivity index (χ2v) is 5.39. The molecule has 0 radical (unpaired) electrons. The molecule has 21 heavy (non-hydrogen) atoms. The van der Waals surface area contributed by atoms with Crippen molar-refractivity contribution >= 4 is 0 Å². The van der Waals surface area contributed by atoms with Crippen LogP contribution in [-0.2, 0) is 4.74 Å². The quantitative estimate of drug-likeness (QED) is 0.746. The Morgan fingerprint density at radius 3 is 2.52 bits per heavy atom. The van der Waals surface area contributed by atoms with Crippen LogP contribution in [0.3, 0.4) is 0 Å². The molecule has 1 heterocycles. The minimum absolute atomic E-state index is 0.278. The van der Waals surface area contributed by atoms with Gasteiger partial charge in [-0.05, 0) is 50.2 Å². The molecule has 5 heteroatoms. The molecule has 0 saturated carbocycles. The van der Waals surface area contributed by atoms with Crippen molar-refractivity contribution in [2.24, 2.45) is 0 Å². The number of hydrogen-bond acceptors (Lipinski definition) is 4. The molecule has 1 aromatic rings. The van der Waals surface area contributed by atoms with Gasteiger partial charge in [-0.25, -0.2) is 4.39 Å². The smallest absolute Gasteiger partial charge is 0.123 e. The molecule has 2 rings (SSSR count). The lowest BCUT2D eigenvalue weighted by atomic mass is 10.1. The Kier molecular flexibility index (Phi) is 6.92. The van der Waals surface area contributed by atoms with Crippen LogP contribution in [0.4, 0.5) is 4.39 Å². The first-order valence-corrected chi connectivity index (χ1v) is 7.60. The van der Waals surface area contributed by atoms with Crippen LogP contribution in [0.1, 0.15) is 19.3 Å². The third-order valence-corrected chi connectivity index (χ3v) is 3.54. The zero-order chi connectivity index (χ0) is 14.9. The SMILES string of the molecule is OC(COCCOc1ccc(F)cc1)CN1CCCCC1. The third kappa shape index (κ3) is 6.42. The van der Waals surface area contributed by atoms with Gasteiger partial charge in [-0.3, -0.25) is 0 Å². The van der Waals surface area contributed by atoms with Crippen LogP contribution in [0.2, 0.25) is 0 Å². The molecule has 1 aliphatic heterocycles. The molecule has 118 valence electrons. The van der Waals surface area contributed by atoms with E-state index in [1.54, 1.807) is 12.1 Å². The molecule has 0 bridgehead atoms. The number of piperidine rings is 1. The van der Waals surface area contributed by atoms with E-state index in [1.165, 1.54) is 31.4 Å². The minimum atomic E-state index is -0.450. The first-order chi connectivity index (χ1) is 10.2. The van der Waals surface area contributed by atoms with Crippen molar-refractivity contribution < 1.29 is 19.0 Å². The highest BCUT2D eigenvalue weighted by Gasteiger charge is 2.14. The van der Waals surface area contributed by atoms with Crippen LogP contribution < -0.4 is 4.74 Å². The normalized spacial score (nSPS) is 17.6. The fourth-order valence-electron chi connectivity index (χ4n) is 2.46. The van der Waals surface area contributed by atoms with Gasteiger partial charge in [0.2, 0.25) is 0 Å². The minimum Gasteiger partial charge on any atom is -0.491 e. The number of aliphatic hydroxyl groups excluding tert-OH is 1. The van der Waals surface area contributed by atoms with Crippen molar-refractivity contribution in [3.8, 4) is 5.75 Å². The molecule has 1 fully saturated rings. The van der Waals surface area contributed by atoms with Crippen LogP contribution in [-0.4, -0.2) is 55.6 Å². The number of β-amino-alcohol motifs (C(OH)–C–C–N with tert-alkyl or cyclic N) is 1. The summed E-state index contributed by atoms with van der Waals surface area (Å²) in [4.78, 5) is 2.28. The lowest BCUT2D eigenvalue weighted by Crippen LogP contribution is -2.38. The molecule has 1 aliphatic rings.